The van der Waals surface area contributed by atoms with Crippen molar-refractivity contribution >= 4 is 23.4 Å². The molecule has 2 N–H and O–H groups in total. The summed E-state index contributed by atoms with van der Waals surface area (Å²) in [6.07, 6.45) is 4.91. The molecule has 30 heavy (non-hydrogen) atoms. The molecule has 2 amide bonds. The first kappa shape index (κ1) is 22.1. The van der Waals surface area contributed by atoms with Crippen LogP contribution in [0.4, 0.5) is 0 Å². The van der Waals surface area contributed by atoms with Crippen molar-refractivity contribution in [2.75, 3.05) is 13.1 Å². The molecule has 1 aliphatic carbocycles. The first-order chi connectivity index (χ1) is 14.4. The van der Waals surface area contributed by atoms with Gasteiger partial charge in [-0.3, -0.25) is 9.59 Å². The monoisotopic (exact) mass is 434 g/mol. The zero-order valence-corrected chi connectivity index (χ0v) is 18.0. The van der Waals surface area contributed by atoms with Gasteiger partial charge in [-0.1, -0.05) is 36.0 Å². The molecule has 1 fully saturated rings. The number of hydrogen-bond acceptors (Lipinski definition) is 6. The number of nitrogens with one attached hydrogen (secondary N) is 2. The first-order valence-corrected chi connectivity index (χ1v) is 10.6. The standard InChI is InChI=1S/C21H27ClN4O4/c1-13-12-16(22)8-9-17(13)29-14(2)19(27)23-10-11-24-20(28)21-25-18(26-30-21)15-6-4-3-5-7-15/h8-9,12,14-15H,3-7,10-11H2,1-2H3,(H,23,27)(H,24,28)/t14-/m0/s1. The maximum atomic E-state index is 12.2. The van der Waals surface area contributed by atoms with E-state index in [1.54, 1.807) is 25.1 Å². The predicted octanol–water partition coefficient (Wildman–Crippen LogP) is 3.39. The van der Waals surface area contributed by atoms with Gasteiger partial charge in [-0.25, -0.2) is 0 Å². The van der Waals surface area contributed by atoms with Crippen LogP contribution in [0.5, 0.6) is 5.75 Å². The number of carbonyl (C=O) groups excluding carboxylic acids is 2. The van der Waals surface area contributed by atoms with Crippen LogP contribution in [0.25, 0.3) is 0 Å². The van der Waals surface area contributed by atoms with Gasteiger partial charge >= 0.3 is 11.8 Å². The van der Waals surface area contributed by atoms with Gasteiger partial charge < -0.3 is 19.9 Å². The third-order valence-corrected chi connectivity index (χ3v) is 5.36. The van der Waals surface area contributed by atoms with Crippen LogP contribution in [-0.2, 0) is 4.79 Å². The predicted molar refractivity (Wildman–Crippen MR) is 112 cm³/mol. The summed E-state index contributed by atoms with van der Waals surface area (Å²) < 4.78 is 10.8. The Kier molecular flexibility index (Phi) is 7.68. The maximum absolute atomic E-state index is 12.2. The Bertz CT molecular complexity index is 880. The van der Waals surface area contributed by atoms with Crippen molar-refractivity contribution in [3.05, 3.63) is 40.5 Å². The van der Waals surface area contributed by atoms with Crippen molar-refractivity contribution in [2.24, 2.45) is 0 Å². The summed E-state index contributed by atoms with van der Waals surface area (Å²) in [5.74, 6) is 0.707. The molecule has 1 atom stereocenters. The van der Waals surface area contributed by atoms with E-state index < -0.39 is 12.0 Å². The van der Waals surface area contributed by atoms with Crippen molar-refractivity contribution in [1.29, 1.82) is 0 Å². The maximum Gasteiger partial charge on any atom is 0.315 e. The summed E-state index contributed by atoms with van der Waals surface area (Å²) >= 11 is 5.93. The third-order valence-electron chi connectivity index (χ3n) is 5.13. The third kappa shape index (κ3) is 5.95. The second-order valence-electron chi connectivity index (χ2n) is 7.51. The van der Waals surface area contributed by atoms with Crippen LogP contribution < -0.4 is 15.4 Å². The molecular formula is C21H27ClN4O4. The second-order valence-corrected chi connectivity index (χ2v) is 7.95. The van der Waals surface area contributed by atoms with E-state index in [-0.39, 0.29) is 30.8 Å². The number of benzene rings is 1. The number of rotatable bonds is 8. The highest BCUT2D eigenvalue weighted by atomic mass is 35.5. The summed E-state index contributed by atoms with van der Waals surface area (Å²) in [7, 11) is 0. The number of halogens is 1. The van der Waals surface area contributed by atoms with Gasteiger partial charge in [0, 0.05) is 24.0 Å². The van der Waals surface area contributed by atoms with Crippen LogP contribution in [0.2, 0.25) is 5.02 Å². The molecule has 1 aliphatic rings. The summed E-state index contributed by atoms with van der Waals surface area (Å²) in [5.41, 5.74) is 0.849. The average molecular weight is 435 g/mol. The Hall–Kier alpha value is -2.61. The molecular weight excluding hydrogens is 408 g/mol. The molecule has 0 bridgehead atoms. The van der Waals surface area contributed by atoms with Gasteiger partial charge in [0.15, 0.2) is 11.9 Å². The van der Waals surface area contributed by atoms with E-state index in [9.17, 15) is 9.59 Å². The van der Waals surface area contributed by atoms with Gasteiger partial charge in [-0.2, -0.15) is 4.98 Å². The zero-order valence-electron chi connectivity index (χ0n) is 17.2. The minimum Gasteiger partial charge on any atom is -0.481 e. The van der Waals surface area contributed by atoms with Gasteiger partial charge in [0.2, 0.25) is 0 Å². The van der Waals surface area contributed by atoms with Gasteiger partial charge in [0.05, 0.1) is 0 Å². The molecule has 1 heterocycles. The smallest absolute Gasteiger partial charge is 0.315 e. The van der Waals surface area contributed by atoms with E-state index >= 15 is 0 Å². The summed E-state index contributed by atoms with van der Waals surface area (Å²) in [6, 6.07) is 5.21. The molecule has 0 spiro atoms. The molecule has 1 aromatic carbocycles. The van der Waals surface area contributed by atoms with Crippen LogP contribution >= 0.6 is 11.6 Å². The number of aryl methyl sites for hydroxylation is 1. The molecule has 0 saturated heterocycles. The highest BCUT2D eigenvalue weighted by molar-refractivity contribution is 6.30. The van der Waals surface area contributed by atoms with Crippen molar-refractivity contribution in [2.45, 2.75) is 58.0 Å². The van der Waals surface area contributed by atoms with Gasteiger partial charge in [0.1, 0.15) is 5.75 Å². The van der Waals surface area contributed by atoms with Crippen molar-refractivity contribution in [3.8, 4) is 5.75 Å². The number of amides is 2. The fraction of sp³-hybridized carbons (Fsp3) is 0.524. The van der Waals surface area contributed by atoms with E-state index in [1.165, 1.54) is 6.42 Å². The lowest BCUT2D eigenvalue weighted by molar-refractivity contribution is -0.127. The Morgan fingerprint density at radius 2 is 1.97 bits per heavy atom. The topological polar surface area (TPSA) is 106 Å². The molecule has 3 rings (SSSR count). The Labute approximate surface area is 180 Å². The van der Waals surface area contributed by atoms with E-state index in [2.05, 4.69) is 20.8 Å². The Morgan fingerprint density at radius 1 is 1.23 bits per heavy atom. The van der Waals surface area contributed by atoms with Crippen molar-refractivity contribution < 1.29 is 18.8 Å². The van der Waals surface area contributed by atoms with Gasteiger partial charge in [0.25, 0.3) is 5.91 Å². The van der Waals surface area contributed by atoms with E-state index in [0.29, 0.717) is 16.6 Å². The van der Waals surface area contributed by atoms with Gasteiger partial charge in [-0.15, -0.1) is 0 Å². The lowest BCUT2D eigenvalue weighted by Crippen LogP contribution is -2.40. The van der Waals surface area contributed by atoms with Crippen molar-refractivity contribution in [3.63, 3.8) is 0 Å². The molecule has 162 valence electrons. The number of ether oxygens (including phenoxy) is 1. The van der Waals surface area contributed by atoms with Crippen LogP contribution in [0.3, 0.4) is 0 Å². The zero-order chi connectivity index (χ0) is 21.5. The lowest BCUT2D eigenvalue weighted by atomic mass is 9.89. The second kappa shape index (κ2) is 10.4. The summed E-state index contributed by atoms with van der Waals surface area (Å²) in [6.45, 7) is 4.01. The SMILES string of the molecule is Cc1cc(Cl)ccc1O[C@@H](C)C(=O)NCCNC(=O)c1nc(C2CCCCC2)no1. The normalized spacial score (nSPS) is 15.4. The number of hydrogen-bond donors (Lipinski definition) is 2. The average Bonchev–Trinajstić information content (AvgIpc) is 3.24. The fourth-order valence-corrected chi connectivity index (χ4v) is 3.65. The Morgan fingerprint density at radius 3 is 2.70 bits per heavy atom. The summed E-state index contributed by atoms with van der Waals surface area (Å²) in [4.78, 5) is 28.6. The first-order valence-electron chi connectivity index (χ1n) is 10.3. The highest BCUT2D eigenvalue weighted by Crippen LogP contribution is 2.30. The van der Waals surface area contributed by atoms with Crippen LogP contribution in [-0.4, -0.2) is 41.1 Å². The minimum absolute atomic E-state index is 0.0446. The quantitative estimate of drug-likeness (QED) is 0.617. The molecule has 1 saturated carbocycles. The molecule has 9 heteroatoms. The largest absolute Gasteiger partial charge is 0.481 e. The molecule has 1 aromatic heterocycles. The Balaban J connectivity index is 1.39. The molecule has 0 radical (unpaired) electrons. The van der Waals surface area contributed by atoms with Gasteiger partial charge in [-0.05, 0) is 50.5 Å². The lowest BCUT2D eigenvalue weighted by Gasteiger charge is -2.17. The number of aromatic nitrogens is 2. The number of nitrogens with zero attached hydrogens (tertiary/aromatic N) is 2. The minimum atomic E-state index is -0.686. The fourth-order valence-electron chi connectivity index (χ4n) is 3.42. The summed E-state index contributed by atoms with van der Waals surface area (Å²) in [5, 5.41) is 9.96. The van der Waals surface area contributed by atoms with Crippen LogP contribution in [0.1, 0.15) is 67.0 Å². The highest BCUT2D eigenvalue weighted by Gasteiger charge is 2.23. The van der Waals surface area contributed by atoms with E-state index in [0.717, 1.165) is 31.2 Å². The molecule has 0 unspecified atom stereocenters. The molecule has 0 aliphatic heterocycles. The van der Waals surface area contributed by atoms with Crippen molar-refractivity contribution in [1.82, 2.24) is 20.8 Å². The van der Waals surface area contributed by atoms with Crippen LogP contribution in [0.15, 0.2) is 22.7 Å². The van der Waals surface area contributed by atoms with E-state index in [4.69, 9.17) is 20.9 Å². The molecule has 2 aromatic rings. The van der Waals surface area contributed by atoms with E-state index in [1.807, 2.05) is 6.92 Å². The number of carbonyl (C=O) groups is 2. The molecule has 8 nitrogen and oxygen atoms in total. The van der Waals surface area contributed by atoms with Crippen LogP contribution in [0, 0.1) is 6.92 Å².